The van der Waals surface area contributed by atoms with Gasteiger partial charge in [0.2, 0.25) is 5.91 Å². The molecule has 0 spiro atoms. The zero-order chi connectivity index (χ0) is 18.1. The maximum atomic E-state index is 13.7. The molecule has 8 nitrogen and oxygen atoms in total. The maximum absolute atomic E-state index is 13.7. The average molecular weight is 345 g/mol. The summed E-state index contributed by atoms with van der Waals surface area (Å²) in [6.45, 7) is 1.33. The number of nitro groups is 1. The van der Waals surface area contributed by atoms with Crippen molar-refractivity contribution in [3.63, 3.8) is 0 Å². The van der Waals surface area contributed by atoms with Crippen molar-refractivity contribution in [1.82, 2.24) is 4.57 Å². The number of aromatic nitrogens is 1. The number of carbonyl (C=O) groups is 1. The van der Waals surface area contributed by atoms with E-state index in [1.807, 2.05) is 0 Å². The Balaban J connectivity index is 1.88. The number of aryl methyl sites for hydroxylation is 1. The minimum atomic E-state index is -0.838. The number of hydrogen-bond donors (Lipinski definition) is 1. The molecule has 2 aromatic carbocycles. The Morgan fingerprint density at radius 2 is 2.08 bits per heavy atom. The molecule has 3 aromatic rings. The van der Waals surface area contributed by atoms with Gasteiger partial charge in [0.1, 0.15) is 12.4 Å². The monoisotopic (exact) mass is 345 g/mol. The SMILES string of the molecule is Cc1ccc(F)c(NC(=O)Cn2c(=O)oc3cc([N+](=O)[O-])ccc32)c1. The average Bonchev–Trinajstić information content (AvgIpc) is 2.86. The van der Waals surface area contributed by atoms with E-state index in [0.717, 1.165) is 16.2 Å². The van der Waals surface area contributed by atoms with E-state index in [-0.39, 0.29) is 22.5 Å². The van der Waals surface area contributed by atoms with Crippen molar-refractivity contribution in [3.8, 4) is 0 Å². The number of amides is 1. The Hall–Kier alpha value is -3.49. The number of rotatable bonds is 4. The number of nitro benzene ring substituents is 1. The predicted octanol–water partition coefficient (Wildman–Crippen LogP) is 2.59. The van der Waals surface area contributed by atoms with Crippen LogP contribution in [-0.2, 0) is 11.3 Å². The summed E-state index contributed by atoms with van der Waals surface area (Å²) in [6, 6.07) is 7.87. The largest absolute Gasteiger partial charge is 0.420 e. The number of oxazole rings is 1. The van der Waals surface area contributed by atoms with Gasteiger partial charge >= 0.3 is 5.76 Å². The lowest BCUT2D eigenvalue weighted by Crippen LogP contribution is -2.25. The zero-order valence-electron chi connectivity index (χ0n) is 13.0. The van der Waals surface area contributed by atoms with Crippen molar-refractivity contribution in [3.05, 3.63) is 68.4 Å². The summed E-state index contributed by atoms with van der Waals surface area (Å²) in [5.41, 5.74) is 0.750. The molecule has 1 amide bonds. The van der Waals surface area contributed by atoms with Gasteiger partial charge in [-0.25, -0.2) is 9.18 Å². The molecule has 128 valence electrons. The lowest BCUT2D eigenvalue weighted by atomic mass is 10.2. The first-order chi connectivity index (χ1) is 11.8. The van der Waals surface area contributed by atoms with Gasteiger partial charge in [0.25, 0.3) is 5.69 Å². The Bertz CT molecular complexity index is 1050. The standard InChI is InChI=1S/C16H12FN3O5/c1-9-2-4-11(17)12(6-9)18-15(21)8-19-13-5-3-10(20(23)24)7-14(13)25-16(19)22/h2-7H,8H2,1H3,(H,18,21). The number of nitrogens with zero attached hydrogens (tertiary/aromatic N) is 2. The summed E-state index contributed by atoms with van der Waals surface area (Å²) in [5, 5.41) is 13.1. The summed E-state index contributed by atoms with van der Waals surface area (Å²) < 4.78 is 19.6. The Kier molecular flexibility index (Phi) is 4.05. The van der Waals surface area contributed by atoms with E-state index in [2.05, 4.69) is 5.32 Å². The van der Waals surface area contributed by atoms with Gasteiger partial charge in [0.05, 0.1) is 22.2 Å². The van der Waals surface area contributed by atoms with Crippen LogP contribution in [-0.4, -0.2) is 15.4 Å². The number of fused-ring (bicyclic) bond motifs is 1. The summed E-state index contributed by atoms with van der Waals surface area (Å²) in [4.78, 5) is 34.2. The van der Waals surface area contributed by atoms with Crippen molar-refractivity contribution in [1.29, 1.82) is 0 Å². The molecule has 25 heavy (non-hydrogen) atoms. The van der Waals surface area contributed by atoms with Crippen LogP contribution < -0.4 is 11.1 Å². The molecule has 0 saturated heterocycles. The zero-order valence-corrected chi connectivity index (χ0v) is 13.0. The van der Waals surface area contributed by atoms with Crippen molar-refractivity contribution < 1.29 is 18.5 Å². The number of hydrogen-bond acceptors (Lipinski definition) is 5. The number of non-ortho nitro benzene ring substituents is 1. The lowest BCUT2D eigenvalue weighted by Gasteiger charge is -2.07. The number of nitrogens with one attached hydrogen (secondary N) is 1. The predicted molar refractivity (Wildman–Crippen MR) is 86.9 cm³/mol. The van der Waals surface area contributed by atoms with E-state index in [4.69, 9.17) is 4.42 Å². The Labute approximate surface area is 139 Å². The highest BCUT2D eigenvalue weighted by molar-refractivity contribution is 5.91. The van der Waals surface area contributed by atoms with E-state index < -0.39 is 28.9 Å². The molecule has 1 aromatic heterocycles. The second-order valence-electron chi connectivity index (χ2n) is 5.39. The highest BCUT2D eigenvalue weighted by atomic mass is 19.1. The molecule has 3 rings (SSSR count). The first-order valence-electron chi connectivity index (χ1n) is 7.19. The summed E-state index contributed by atoms with van der Waals surface area (Å²) in [6.07, 6.45) is 0. The Morgan fingerprint density at radius 3 is 2.80 bits per heavy atom. The van der Waals surface area contributed by atoms with Crippen LogP contribution in [0.15, 0.2) is 45.6 Å². The quantitative estimate of drug-likeness (QED) is 0.578. The summed E-state index contributed by atoms with van der Waals surface area (Å²) in [5.74, 6) is -2.07. The topological polar surface area (TPSA) is 107 Å². The highest BCUT2D eigenvalue weighted by Gasteiger charge is 2.16. The van der Waals surface area contributed by atoms with Crippen LogP contribution in [0.5, 0.6) is 0 Å². The fraction of sp³-hybridized carbons (Fsp3) is 0.125. The molecular formula is C16H12FN3O5. The van der Waals surface area contributed by atoms with Gasteiger partial charge in [-0.15, -0.1) is 0 Å². The minimum Gasteiger partial charge on any atom is -0.407 e. The van der Waals surface area contributed by atoms with E-state index in [1.165, 1.54) is 24.3 Å². The van der Waals surface area contributed by atoms with Crippen molar-refractivity contribution >= 4 is 28.4 Å². The molecule has 9 heteroatoms. The molecule has 0 bridgehead atoms. The summed E-state index contributed by atoms with van der Waals surface area (Å²) >= 11 is 0. The second kappa shape index (κ2) is 6.19. The maximum Gasteiger partial charge on any atom is 0.420 e. The van der Waals surface area contributed by atoms with Crippen LogP contribution in [0.2, 0.25) is 0 Å². The molecule has 0 unspecified atom stereocenters. The normalized spacial score (nSPS) is 10.8. The van der Waals surface area contributed by atoms with Gasteiger partial charge in [-0.1, -0.05) is 6.07 Å². The van der Waals surface area contributed by atoms with Crippen LogP contribution >= 0.6 is 0 Å². The number of carbonyl (C=O) groups excluding carboxylic acids is 1. The first-order valence-corrected chi connectivity index (χ1v) is 7.19. The lowest BCUT2D eigenvalue weighted by molar-refractivity contribution is -0.384. The molecular weight excluding hydrogens is 333 g/mol. The molecule has 1 N–H and O–H groups in total. The first kappa shape index (κ1) is 16.4. The third kappa shape index (κ3) is 3.25. The van der Waals surface area contributed by atoms with Gasteiger partial charge in [0, 0.05) is 6.07 Å². The molecule has 0 fully saturated rings. The summed E-state index contributed by atoms with van der Waals surface area (Å²) in [7, 11) is 0. The van der Waals surface area contributed by atoms with Gasteiger partial charge in [-0.3, -0.25) is 19.5 Å². The van der Waals surface area contributed by atoms with Crippen molar-refractivity contribution in [2.45, 2.75) is 13.5 Å². The van der Waals surface area contributed by atoms with Crippen LogP contribution in [0.25, 0.3) is 11.1 Å². The van der Waals surface area contributed by atoms with Gasteiger partial charge in [-0.2, -0.15) is 0 Å². The molecule has 0 aliphatic heterocycles. The fourth-order valence-electron chi connectivity index (χ4n) is 2.39. The highest BCUT2D eigenvalue weighted by Crippen LogP contribution is 2.20. The number of anilines is 1. The molecule has 0 atom stereocenters. The van der Waals surface area contributed by atoms with Crippen LogP contribution in [0.1, 0.15) is 5.56 Å². The molecule has 0 aliphatic rings. The van der Waals surface area contributed by atoms with Crippen LogP contribution in [0.4, 0.5) is 15.8 Å². The van der Waals surface area contributed by atoms with Crippen molar-refractivity contribution in [2.24, 2.45) is 0 Å². The van der Waals surface area contributed by atoms with Crippen molar-refractivity contribution in [2.75, 3.05) is 5.32 Å². The molecule has 0 saturated carbocycles. The third-order valence-electron chi connectivity index (χ3n) is 3.56. The molecule has 0 aliphatic carbocycles. The minimum absolute atomic E-state index is 0.00138. The third-order valence-corrected chi connectivity index (χ3v) is 3.56. The number of halogens is 1. The van der Waals surface area contributed by atoms with Gasteiger partial charge < -0.3 is 9.73 Å². The van der Waals surface area contributed by atoms with Gasteiger partial charge in [-0.05, 0) is 30.7 Å². The second-order valence-corrected chi connectivity index (χ2v) is 5.39. The van der Waals surface area contributed by atoms with E-state index in [1.54, 1.807) is 13.0 Å². The number of benzene rings is 2. The molecule has 1 heterocycles. The molecule has 0 radical (unpaired) electrons. The van der Waals surface area contributed by atoms with Crippen LogP contribution in [0, 0.1) is 22.9 Å². The van der Waals surface area contributed by atoms with E-state index in [9.17, 15) is 24.1 Å². The smallest absolute Gasteiger partial charge is 0.407 e. The van der Waals surface area contributed by atoms with Gasteiger partial charge in [0.15, 0.2) is 5.58 Å². The fourth-order valence-corrected chi connectivity index (χ4v) is 2.39. The van der Waals surface area contributed by atoms with Crippen LogP contribution in [0.3, 0.4) is 0 Å². The van der Waals surface area contributed by atoms with E-state index >= 15 is 0 Å². The van der Waals surface area contributed by atoms with E-state index in [0.29, 0.717) is 0 Å². The Morgan fingerprint density at radius 1 is 1.32 bits per heavy atom.